The van der Waals surface area contributed by atoms with Gasteiger partial charge in [0.1, 0.15) is 0 Å². The lowest BCUT2D eigenvalue weighted by Crippen LogP contribution is -2.34. The number of piperidine rings is 1. The second kappa shape index (κ2) is 6.46. The Morgan fingerprint density at radius 3 is 2.44 bits per heavy atom. The normalized spacial score (nSPS) is 16.6. The van der Waals surface area contributed by atoms with Crippen molar-refractivity contribution in [2.24, 2.45) is 5.92 Å². The van der Waals surface area contributed by atoms with Crippen LogP contribution < -0.4 is 4.90 Å². The summed E-state index contributed by atoms with van der Waals surface area (Å²) in [5.41, 5.74) is 1.05. The third-order valence-electron chi connectivity index (χ3n) is 2.85. The summed E-state index contributed by atoms with van der Waals surface area (Å²) < 4.78 is 0. The van der Waals surface area contributed by atoms with Crippen molar-refractivity contribution >= 4 is 5.95 Å². The van der Waals surface area contributed by atoms with Crippen LogP contribution in [0.4, 0.5) is 5.95 Å². The van der Waals surface area contributed by atoms with E-state index in [1.807, 2.05) is 33.0 Å². The summed E-state index contributed by atoms with van der Waals surface area (Å²) in [7, 11) is 0. The molecule has 0 unspecified atom stereocenters. The highest BCUT2D eigenvalue weighted by atomic mass is 15.2. The van der Waals surface area contributed by atoms with E-state index in [4.69, 9.17) is 0 Å². The van der Waals surface area contributed by atoms with E-state index < -0.39 is 0 Å². The van der Waals surface area contributed by atoms with E-state index in [2.05, 4.69) is 21.8 Å². The van der Waals surface area contributed by atoms with Crippen LogP contribution in [0.3, 0.4) is 0 Å². The second-order valence-electron chi connectivity index (χ2n) is 4.17. The van der Waals surface area contributed by atoms with Crippen LogP contribution in [-0.2, 0) is 0 Å². The Hall–Kier alpha value is -1.12. The topological polar surface area (TPSA) is 29.0 Å². The summed E-state index contributed by atoms with van der Waals surface area (Å²) in [4.78, 5) is 11.0. The molecule has 0 N–H and O–H groups in total. The molecule has 2 heterocycles. The minimum absolute atomic E-state index is 0.857. The molecule has 0 saturated carbocycles. The molecule has 0 bridgehead atoms. The summed E-state index contributed by atoms with van der Waals surface area (Å²) in [6.07, 6.45) is 4.37. The molecule has 3 nitrogen and oxygen atoms in total. The minimum Gasteiger partial charge on any atom is -0.341 e. The molecule has 1 aromatic heterocycles. The predicted molar refractivity (Wildman–Crippen MR) is 68.7 cm³/mol. The van der Waals surface area contributed by atoms with Gasteiger partial charge >= 0.3 is 0 Å². The number of nitrogens with zero attached hydrogens (tertiary/aromatic N) is 3. The molecule has 0 spiro atoms. The first-order valence-electron chi connectivity index (χ1n) is 6.30. The van der Waals surface area contributed by atoms with Crippen molar-refractivity contribution in [3.8, 4) is 0 Å². The first kappa shape index (κ1) is 12.9. The van der Waals surface area contributed by atoms with Crippen LogP contribution in [0, 0.1) is 12.8 Å². The zero-order valence-corrected chi connectivity index (χ0v) is 10.9. The molecule has 3 heteroatoms. The van der Waals surface area contributed by atoms with Gasteiger partial charge in [0.05, 0.1) is 0 Å². The molecule has 0 aliphatic carbocycles. The van der Waals surface area contributed by atoms with E-state index in [9.17, 15) is 0 Å². The zero-order chi connectivity index (χ0) is 12.0. The number of rotatable bonds is 1. The summed E-state index contributed by atoms with van der Waals surface area (Å²) in [6, 6.07) is 1.94. The molecule has 90 valence electrons. The zero-order valence-electron chi connectivity index (χ0n) is 10.9. The van der Waals surface area contributed by atoms with Gasteiger partial charge < -0.3 is 4.90 Å². The fraction of sp³-hybridized carbons (Fsp3) is 0.692. The maximum atomic E-state index is 4.44. The molecular formula is C13H23N3. The quantitative estimate of drug-likeness (QED) is 0.730. The highest BCUT2D eigenvalue weighted by Gasteiger charge is 2.17. The molecule has 1 saturated heterocycles. The fourth-order valence-electron chi connectivity index (χ4n) is 1.80. The van der Waals surface area contributed by atoms with E-state index >= 15 is 0 Å². The van der Waals surface area contributed by atoms with Crippen molar-refractivity contribution in [2.75, 3.05) is 18.0 Å². The van der Waals surface area contributed by atoms with Crippen LogP contribution in [0.15, 0.2) is 12.3 Å². The van der Waals surface area contributed by atoms with Gasteiger partial charge in [0.15, 0.2) is 0 Å². The second-order valence-corrected chi connectivity index (χ2v) is 4.17. The predicted octanol–water partition coefficient (Wildman–Crippen LogP) is 3.05. The van der Waals surface area contributed by atoms with Crippen LogP contribution in [0.25, 0.3) is 0 Å². The third kappa shape index (κ3) is 3.47. The molecule has 0 atom stereocenters. The minimum atomic E-state index is 0.857. The summed E-state index contributed by atoms with van der Waals surface area (Å²) in [5.74, 6) is 1.76. The summed E-state index contributed by atoms with van der Waals surface area (Å²) >= 11 is 0. The smallest absolute Gasteiger partial charge is 0.225 e. The molecule has 16 heavy (non-hydrogen) atoms. The fourth-order valence-corrected chi connectivity index (χ4v) is 1.80. The average Bonchev–Trinajstić information content (AvgIpc) is 2.32. The molecular weight excluding hydrogens is 198 g/mol. The van der Waals surface area contributed by atoms with Gasteiger partial charge in [-0.1, -0.05) is 20.8 Å². The Balaban J connectivity index is 0.000000606. The van der Waals surface area contributed by atoms with Crippen LogP contribution in [0.1, 0.15) is 39.3 Å². The van der Waals surface area contributed by atoms with E-state index in [1.54, 1.807) is 0 Å². The monoisotopic (exact) mass is 221 g/mol. The van der Waals surface area contributed by atoms with Crippen LogP contribution in [-0.4, -0.2) is 23.1 Å². The molecule has 0 aromatic carbocycles. The largest absolute Gasteiger partial charge is 0.341 e. The van der Waals surface area contributed by atoms with Gasteiger partial charge in [0.2, 0.25) is 5.95 Å². The van der Waals surface area contributed by atoms with Gasteiger partial charge in [0, 0.05) is 25.0 Å². The van der Waals surface area contributed by atoms with Crippen molar-refractivity contribution < 1.29 is 0 Å². The lowest BCUT2D eigenvalue weighted by atomic mass is 10.00. The Morgan fingerprint density at radius 1 is 1.25 bits per heavy atom. The van der Waals surface area contributed by atoms with Gasteiger partial charge in [-0.2, -0.15) is 0 Å². The van der Waals surface area contributed by atoms with Gasteiger partial charge in [0.25, 0.3) is 0 Å². The summed E-state index contributed by atoms with van der Waals surface area (Å²) in [6.45, 7) is 10.5. The van der Waals surface area contributed by atoms with Crippen molar-refractivity contribution in [2.45, 2.75) is 40.5 Å². The third-order valence-corrected chi connectivity index (χ3v) is 2.85. The van der Waals surface area contributed by atoms with Gasteiger partial charge in [-0.3, -0.25) is 0 Å². The maximum absolute atomic E-state index is 4.44. The number of hydrogen-bond donors (Lipinski definition) is 0. The van der Waals surface area contributed by atoms with Crippen molar-refractivity contribution in [3.05, 3.63) is 18.0 Å². The number of anilines is 1. The first-order chi connectivity index (χ1) is 7.75. The lowest BCUT2D eigenvalue weighted by molar-refractivity contribution is 0.434. The van der Waals surface area contributed by atoms with E-state index in [0.717, 1.165) is 30.6 Å². The average molecular weight is 221 g/mol. The Bertz CT molecular complexity index is 304. The molecule has 0 amide bonds. The SMILES string of the molecule is CC.Cc1ccnc(N2CCC(C)CC2)n1. The Kier molecular flexibility index (Phi) is 5.23. The van der Waals surface area contributed by atoms with Crippen molar-refractivity contribution in [1.29, 1.82) is 0 Å². The standard InChI is InChI=1S/C11H17N3.C2H6/c1-9-4-7-14(8-5-9)11-12-6-3-10(2)13-11;1-2/h3,6,9H,4-5,7-8H2,1-2H3;1-2H3. The van der Waals surface area contributed by atoms with E-state index in [-0.39, 0.29) is 0 Å². The molecule has 1 aliphatic rings. The molecule has 2 rings (SSSR count). The van der Waals surface area contributed by atoms with Gasteiger partial charge in [-0.05, 0) is 31.7 Å². The highest BCUT2D eigenvalue weighted by molar-refractivity contribution is 5.30. The molecule has 1 aromatic rings. The van der Waals surface area contributed by atoms with E-state index in [1.165, 1.54) is 12.8 Å². The summed E-state index contributed by atoms with van der Waals surface area (Å²) in [5, 5.41) is 0. The number of aryl methyl sites for hydroxylation is 1. The van der Waals surface area contributed by atoms with Gasteiger partial charge in [-0.25, -0.2) is 9.97 Å². The van der Waals surface area contributed by atoms with Crippen LogP contribution >= 0.6 is 0 Å². The van der Waals surface area contributed by atoms with Crippen LogP contribution in [0.2, 0.25) is 0 Å². The van der Waals surface area contributed by atoms with E-state index in [0.29, 0.717) is 0 Å². The number of hydrogen-bond acceptors (Lipinski definition) is 3. The Labute approximate surface area is 98.9 Å². The highest BCUT2D eigenvalue weighted by Crippen LogP contribution is 2.19. The van der Waals surface area contributed by atoms with Crippen LogP contribution in [0.5, 0.6) is 0 Å². The maximum Gasteiger partial charge on any atom is 0.225 e. The molecule has 1 fully saturated rings. The lowest BCUT2D eigenvalue weighted by Gasteiger charge is -2.30. The molecule has 1 aliphatic heterocycles. The van der Waals surface area contributed by atoms with Crippen molar-refractivity contribution in [1.82, 2.24) is 9.97 Å². The number of aromatic nitrogens is 2. The van der Waals surface area contributed by atoms with Gasteiger partial charge in [-0.15, -0.1) is 0 Å². The Morgan fingerprint density at radius 2 is 1.88 bits per heavy atom. The molecule has 0 radical (unpaired) electrons. The van der Waals surface area contributed by atoms with Crippen molar-refractivity contribution in [3.63, 3.8) is 0 Å². The first-order valence-corrected chi connectivity index (χ1v) is 6.30.